The van der Waals surface area contributed by atoms with E-state index in [-0.39, 0.29) is 5.56 Å². The predicted molar refractivity (Wildman–Crippen MR) is 46.2 cm³/mol. The van der Waals surface area contributed by atoms with Crippen LogP contribution in [0.2, 0.25) is 0 Å². The highest BCUT2D eigenvalue weighted by Crippen LogP contribution is 2.18. The van der Waals surface area contributed by atoms with Crippen molar-refractivity contribution in [2.24, 2.45) is 0 Å². The fourth-order valence-electron chi connectivity index (χ4n) is 1.82. The molecule has 0 atom stereocenters. The summed E-state index contributed by atoms with van der Waals surface area (Å²) in [6.07, 6.45) is 4.28. The van der Waals surface area contributed by atoms with Gasteiger partial charge in [0, 0.05) is 5.56 Å². The predicted octanol–water partition coefficient (Wildman–Crippen LogP) is 0.957. The van der Waals surface area contributed by atoms with Gasteiger partial charge in [0.2, 0.25) is 0 Å². The van der Waals surface area contributed by atoms with Gasteiger partial charge in [-0.1, -0.05) is 0 Å². The monoisotopic (exact) mass is 164 g/mol. The van der Waals surface area contributed by atoms with Crippen LogP contribution in [0.3, 0.4) is 0 Å². The molecule has 0 aromatic carbocycles. The molecule has 0 unspecified atom stereocenters. The molecule has 1 aliphatic rings. The standard InChI is InChI=1S/C9H12N2O/c1-6-7-4-2-3-5-8(7)9(12)11-10-6/h2-5H2,1H3,(H,11,12). The molecule has 0 saturated heterocycles. The molecule has 0 spiro atoms. The van der Waals surface area contributed by atoms with Gasteiger partial charge < -0.3 is 0 Å². The van der Waals surface area contributed by atoms with Gasteiger partial charge in [-0.25, -0.2) is 5.10 Å². The number of aryl methyl sites for hydroxylation is 1. The number of fused-ring (bicyclic) bond motifs is 1. The molecule has 1 N–H and O–H groups in total. The van der Waals surface area contributed by atoms with Crippen LogP contribution in [0.1, 0.15) is 29.7 Å². The Bertz CT molecular complexity index is 354. The summed E-state index contributed by atoms with van der Waals surface area (Å²) in [5, 5.41) is 6.48. The van der Waals surface area contributed by atoms with Crippen molar-refractivity contribution in [3.05, 3.63) is 27.2 Å². The van der Waals surface area contributed by atoms with Gasteiger partial charge in [-0.3, -0.25) is 4.79 Å². The summed E-state index contributed by atoms with van der Waals surface area (Å²) >= 11 is 0. The van der Waals surface area contributed by atoms with Gasteiger partial charge in [0.05, 0.1) is 5.69 Å². The van der Waals surface area contributed by atoms with Crippen LogP contribution in [0, 0.1) is 6.92 Å². The molecule has 2 rings (SSSR count). The zero-order valence-corrected chi connectivity index (χ0v) is 7.18. The van der Waals surface area contributed by atoms with Crippen molar-refractivity contribution >= 4 is 0 Å². The fourth-order valence-corrected chi connectivity index (χ4v) is 1.82. The van der Waals surface area contributed by atoms with Gasteiger partial charge in [0.1, 0.15) is 0 Å². The summed E-state index contributed by atoms with van der Waals surface area (Å²) in [6.45, 7) is 1.96. The van der Waals surface area contributed by atoms with E-state index in [4.69, 9.17) is 0 Å². The van der Waals surface area contributed by atoms with Gasteiger partial charge in [0.15, 0.2) is 0 Å². The first-order chi connectivity index (χ1) is 5.79. The van der Waals surface area contributed by atoms with Crippen molar-refractivity contribution in [3.8, 4) is 0 Å². The van der Waals surface area contributed by atoms with Crippen molar-refractivity contribution in [3.63, 3.8) is 0 Å². The molecular weight excluding hydrogens is 152 g/mol. The molecule has 64 valence electrons. The Morgan fingerprint density at radius 2 is 1.92 bits per heavy atom. The topological polar surface area (TPSA) is 45.8 Å². The second-order valence-corrected chi connectivity index (χ2v) is 3.30. The molecule has 3 heteroatoms. The Morgan fingerprint density at radius 1 is 1.25 bits per heavy atom. The van der Waals surface area contributed by atoms with Crippen molar-refractivity contribution < 1.29 is 0 Å². The summed E-state index contributed by atoms with van der Waals surface area (Å²) < 4.78 is 0. The highest BCUT2D eigenvalue weighted by Gasteiger charge is 2.14. The molecule has 0 saturated carbocycles. The van der Waals surface area contributed by atoms with E-state index >= 15 is 0 Å². The normalized spacial score (nSPS) is 15.8. The number of nitrogens with one attached hydrogen (secondary N) is 1. The van der Waals surface area contributed by atoms with Crippen molar-refractivity contribution in [1.82, 2.24) is 10.2 Å². The molecule has 1 aromatic rings. The minimum absolute atomic E-state index is 0.00954. The van der Waals surface area contributed by atoms with E-state index in [0.717, 1.165) is 30.5 Å². The smallest absolute Gasteiger partial charge is 0.267 e. The summed E-state index contributed by atoms with van der Waals surface area (Å²) in [6, 6.07) is 0. The summed E-state index contributed by atoms with van der Waals surface area (Å²) in [7, 11) is 0. The molecule has 0 aliphatic heterocycles. The molecule has 12 heavy (non-hydrogen) atoms. The maximum absolute atomic E-state index is 11.3. The minimum Gasteiger partial charge on any atom is -0.268 e. The number of nitrogens with zero attached hydrogens (tertiary/aromatic N) is 1. The minimum atomic E-state index is 0.00954. The molecule has 0 amide bonds. The van der Waals surface area contributed by atoms with Crippen LogP contribution >= 0.6 is 0 Å². The van der Waals surface area contributed by atoms with Gasteiger partial charge >= 0.3 is 0 Å². The molecule has 1 aromatic heterocycles. The highest BCUT2D eigenvalue weighted by molar-refractivity contribution is 5.29. The Morgan fingerprint density at radius 3 is 2.58 bits per heavy atom. The number of rotatable bonds is 0. The molecule has 1 heterocycles. The summed E-state index contributed by atoms with van der Waals surface area (Å²) in [5.41, 5.74) is 3.15. The Labute approximate surface area is 70.8 Å². The first kappa shape index (κ1) is 7.53. The third kappa shape index (κ3) is 1.05. The lowest BCUT2D eigenvalue weighted by Gasteiger charge is -2.14. The van der Waals surface area contributed by atoms with Crippen molar-refractivity contribution in [1.29, 1.82) is 0 Å². The second-order valence-electron chi connectivity index (χ2n) is 3.30. The van der Waals surface area contributed by atoms with Gasteiger partial charge in [-0.2, -0.15) is 5.10 Å². The number of hydrogen-bond acceptors (Lipinski definition) is 2. The van der Waals surface area contributed by atoms with Crippen LogP contribution in [-0.2, 0) is 12.8 Å². The first-order valence-electron chi connectivity index (χ1n) is 4.36. The van der Waals surface area contributed by atoms with E-state index in [1.165, 1.54) is 12.0 Å². The Balaban J connectivity index is 2.64. The SMILES string of the molecule is Cc1n[nH]c(=O)c2c1CCCC2. The molecule has 1 aliphatic carbocycles. The van der Waals surface area contributed by atoms with Gasteiger partial charge in [0.25, 0.3) is 5.56 Å². The molecule has 3 nitrogen and oxygen atoms in total. The van der Waals surface area contributed by atoms with Crippen LogP contribution in [-0.4, -0.2) is 10.2 Å². The quantitative estimate of drug-likeness (QED) is 0.620. The average Bonchev–Trinajstić information content (AvgIpc) is 2.12. The molecule has 0 bridgehead atoms. The van der Waals surface area contributed by atoms with Gasteiger partial charge in [-0.05, 0) is 38.2 Å². The Hall–Kier alpha value is -1.12. The lowest BCUT2D eigenvalue weighted by molar-refractivity contribution is 0.659. The summed E-state index contributed by atoms with van der Waals surface area (Å²) in [4.78, 5) is 11.3. The maximum Gasteiger partial charge on any atom is 0.267 e. The van der Waals surface area contributed by atoms with Crippen LogP contribution in [0.4, 0.5) is 0 Å². The van der Waals surface area contributed by atoms with E-state index in [1.54, 1.807) is 0 Å². The van der Waals surface area contributed by atoms with Crippen LogP contribution in [0.25, 0.3) is 0 Å². The van der Waals surface area contributed by atoms with E-state index < -0.39 is 0 Å². The third-order valence-electron chi connectivity index (χ3n) is 2.50. The number of aromatic nitrogens is 2. The number of hydrogen-bond donors (Lipinski definition) is 1. The Kier molecular flexibility index (Phi) is 1.71. The maximum atomic E-state index is 11.3. The number of H-pyrrole nitrogens is 1. The van der Waals surface area contributed by atoms with E-state index in [2.05, 4.69) is 10.2 Å². The largest absolute Gasteiger partial charge is 0.268 e. The van der Waals surface area contributed by atoms with E-state index in [0.29, 0.717) is 0 Å². The number of aromatic amines is 1. The van der Waals surface area contributed by atoms with E-state index in [1.807, 2.05) is 6.92 Å². The lowest BCUT2D eigenvalue weighted by atomic mass is 9.92. The first-order valence-corrected chi connectivity index (χ1v) is 4.36. The zero-order chi connectivity index (χ0) is 8.55. The van der Waals surface area contributed by atoms with Crippen molar-refractivity contribution in [2.75, 3.05) is 0 Å². The molecule has 0 fully saturated rings. The highest BCUT2D eigenvalue weighted by atomic mass is 16.1. The van der Waals surface area contributed by atoms with Crippen LogP contribution < -0.4 is 5.56 Å². The van der Waals surface area contributed by atoms with Gasteiger partial charge in [-0.15, -0.1) is 0 Å². The third-order valence-corrected chi connectivity index (χ3v) is 2.50. The average molecular weight is 164 g/mol. The summed E-state index contributed by atoms with van der Waals surface area (Å²) in [5.74, 6) is 0. The van der Waals surface area contributed by atoms with Crippen LogP contribution in [0.5, 0.6) is 0 Å². The van der Waals surface area contributed by atoms with Crippen molar-refractivity contribution in [2.45, 2.75) is 32.6 Å². The molecule has 0 radical (unpaired) electrons. The van der Waals surface area contributed by atoms with Crippen LogP contribution in [0.15, 0.2) is 4.79 Å². The fraction of sp³-hybridized carbons (Fsp3) is 0.556. The second kappa shape index (κ2) is 2.73. The zero-order valence-electron chi connectivity index (χ0n) is 7.18. The van der Waals surface area contributed by atoms with E-state index in [9.17, 15) is 4.79 Å². The lowest BCUT2D eigenvalue weighted by Crippen LogP contribution is -2.21. The molecular formula is C9H12N2O.